The number of carbonyl (C=O) groups is 2. The SMILES string of the molecule is C.C.O=C1CCC(n2cnc(N3CCN(CCCCCOc4ccc([C@@H]5c6ccc(O)cc6CC[C@@H]5c5ccccc5)cc4)CC3)cc2=O)C(=O)N1. The van der Waals surface area contributed by atoms with Gasteiger partial charge in [0.25, 0.3) is 5.56 Å². The Labute approximate surface area is 307 Å². The first-order valence-corrected chi connectivity index (χ1v) is 17.9. The standard InChI is InChI=1S/C40H45N5O5.2CH4/c46-31-12-16-34-30(25-31)11-15-33(28-7-3-1-4-8-28)39(34)29-9-13-32(14-10-29)50-24-6-2-5-19-43-20-22-44(23-21-43)36-26-38(48)45(27-41-36)35-17-18-37(47)42-40(35)49;;/h1,3-4,7-10,12-14,16,25-27,33,35,39,46H,2,5-6,11,15,17-24H2,(H,42,47,49);2*1H4/t33-,35?,39+;;/m1../s1. The number of nitrogens with zero attached hydrogens (tertiary/aromatic N) is 4. The number of carbonyl (C=O) groups excluding carboxylic acids is 2. The Morgan fingerprint density at radius 3 is 2.31 bits per heavy atom. The fourth-order valence-corrected chi connectivity index (χ4v) is 7.81. The van der Waals surface area contributed by atoms with E-state index < -0.39 is 11.9 Å². The van der Waals surface area contributed by atoms with Crippen LogP contribution >= 0.6 is 0 Å². The minimum Gasteiger partial charge on any atom is -0.508 e. The lowest BCUT2D eigenvalue weighted by Gasteiger charge is -2.35. The molecule has 2 saturated heterocycles. The molecule has 1 aromatic heterocycles. The minimum absolute atomic E-state index is 0. The van der Waals surface area contributed by atoms with Gasteiger partial charge < -0.3 is 14.7 Å². The van der Waals surface area contributed by atoms with Crippen LogP contribution in [0.5, 0.6) is 11.5 Å². The molecule has 2 N–H and O–H groups in total. The molecule has 1 aliphatic carbocycles. The van der Waals surface area contributed by atoms with Crippen LogP contribution in [0.2, 0.25) is 0 Å². The molecule has 0 spiro atoms. The number of nitrogens with one attached hydrogen (secondary N) is 1. The van der Waals surface area contributed by atoms with Gasteiger partial charge >= 0.3 is 0 Å². The Hall–Kier alpha value is -4.96. The largest absolute Gasteiger partial charge is 0.508 e. The van der Waals surface area contributed by atoms with Crippen LogP contribution in [0.3, 0.4) is 0 Å². The van der Waals surface area contributed by atoms with Crippen molar-refractivity contribution in [1.82, 2.24) is 19.8 Å². The monoisotopic (exact) mass is 707 g/mol. The number of amides is 2. The Balaban J connectivity index is 0.00000261. The number of hydrogen-bond donors (Lipinski definition) is 2. The summed E-state index contributed by atoms with van der Waals surface area (Å²) in [5.74, 6) is 1.70. The van der Waals surface area contributed by atoms with E-state index in [2.05, 4.69) is 80.8 Å². The van der Waals surface area contributed by atoms with Gasteiger partial charge in [-0.05, 0) is 97.5 Å². The smallest absolute Gasteiger partial charge is 0.256 e. The molecular weight excluding hydrogens is 654 g/mol. The van der Waals surface area contributed by atoms with Crippen molar-refractivity contribution < 1.29 is 19.4 Å². The van der Waals surface area contributed by atoms with E-state index in [1.165, 1.54) is 39.2 Å². The van der Waals surface area contributed by atoms with Crippen molar-refractivity contribution in [1.29, 1.82) is 0 Å². The molecule has 52 heavy (non-hydrogen) atoms. The lowest BCUT2D eigenvalue weighted by atomic mass is 9.69. The lowest BCUT2D eigenvalue weighted by molar-refractivity contribution is -0.135. The van der Waals surface area contributed by atoms with Gasteiger partial charge in [-0.15, -0.1) is 0 Å². The van der Waals surface area contributed by atoms with Gasteiger partial charge in [-0.1, -0.05) is 63.4 Å². The number of hydrogen-bond acceptors (Lipinski definition) is 8. The second-order valence-corrected chi connectivity index (χ2v) is 13.7. The van der Waals surface area contributed by atoms with Gasteiger partial charge in [0.15, 0.2) is 0 Å². The summed E-state index contributed by atoms with van der Waals surface area (Å²) in [6.07, 6.45) is 7.14. The number of piperazine rings is 1. The number of fused-ring (bicyclic) bond motifs is 1. The Morgan fingerprint density at radius 2 is 1.58 bits per heavy atom. The maximum atomic E-state index is 12.8. The van der Waals surface area contributed by atoms with Crippen molar-refractivity contribution in [3.05, 3.63) is 118 Å². The average molecular weight is 708 g/mol. The van der Waals surface area contributed by atoms with Crippen LogP contribution in [-0.4, -0.2) is 70.7 Å². The maximum absolute atomic E-state index is 12.8. The molecule has 0 saturated carbocycles. The molecule has 2 aliphatic heterocycles. The molecule has 7 rings (SSSR count). The van der Waals surface area contributed by atoms with Crippen molar-refractivity contribution in [3.8, 4) is 11.5 Å². The molecule has 3 aromatic carbocycles. The number of phenolic OH excluding ortho intramolecular Hbond substituents is 1. The summed E-state index contributed by atoms with van der Waals surface area (Å²) in [7, 11) is 0. The van der Waals surface area contributed by atoms with E-state index >= 15 is 0 Å². The number of benzene rings is 3. The average Bonchev–Trinajstić information content (AvgIpc) is 3.14. The van der Waals surface area contributed by atoms with Crippen LogP contribution in [-0.2, 0) is 16.0 Å². The van der Waals surface area contributed by atoms with Gasteiger partial charge in [0.2, 0.25) is 11.8 Å². The van der Waals surface area contributed by atoms with Crippen molar-refractivity contribution >= 4 is 17.6 Å². The van der Waals surface area contributed by atoms with Crippen LogP contribution in [0.25, 0.3) is 0 Å². The third-order valence-electron chi connectivity index (χ3n) is 10.5. The van der Waals surface area contributed by atoms with Crippen LogP contribution < -0.4 is 20.5 Å². The highest BCUT2D eigenvalue weighted by Crippen LogP contribution is 2.47. The van der Waals surface area contributed by atoms with Gasteiger partial charge in [-0.3, -0.25) is 29.2 Å². The fraction of sp³-hybridized carbons (Fsp3) is 0.429. The second-order valence-electron chi connectivity index (χ2n) is 13.7. The number of aromatic nitrogens is 2. The predicted molar refractivity (Wildman–Crippen MR) is 205 cm³/mol. The number of imide groups is 1. The third-order valence-corrected chi connectivity index (χ3v) is 10.5. The zero-order valence-corrected chi connectivity index (χ0v) is 28.4. The highest BCUT2D eigenvalue weighted by atomic mass is 16.5. The van der Waals surface area contributed by atoms with E-state index in [0.717, 1.165) is 70.6 Å². The number of aryl methyl sites for hydroxylation is 1. The first-order chi connectivity index (χ1) is 24.4. The molecule has 3 heterocycles. The molecule has 10 heteroatoms. The molecular formula is C42H53N5O5. The van der Waals surface area contributed by atoms with E-state index in [1.54, 1.807) is 0 Å². The lowest BCUT2D eigenvalue weighted by Crippen LogP contribution is -2.47. The van der Waals surface area contributed by atoms with Gasteiger partial charge in [-0.25, -0.2) is 4.98 Å². The van der Waals surface area contributed by atoms with Crippen molar-refractivity contribution in [2.75, 3.05) is 44.2 Å². The first-order valence-electron chi connectivity index (χ1n) is 17.9. The number of piperidine rings is 1. The molecule has 10 nitrogen and oxygen atoms in total. The number of ether oxygens (including phenoxy) is 1. The molecule has 3 atom stereocenters. The van der Waals surface area contributed by atoms with E-state index in [1.807, 2.05) is 12.1 Å². The Kier molecular flexibility index (Phi) is 12.9. The van der Waals surface area contributed by atoms with E-state index in [9.17, 15) is 19.5 Å². The van der Waals surface area contributed by atoms with Crippen LogP contribution in [0.15, 0.2) is 90.0 Å². The molecule has 2 fully saturated rings. The zero-order chi connectivity index (χ0) is 34.5. The van der Waals surface area contributed by atoms with E-state index in [0.29, 0.717) is 30.5 Å². The first kappa shape index (κ1) is 38.3. The predicted octanol–water partition coefficient (Wildman–Crippen LogP) is 6.43. The van der Waals surface area contributed by atoms with Gasteiger partial charge in [-0.2, -0.15) is 0 Å². The Morgan fingerprint density at radius 1 is 0.808 bits per heavy atom. The highest BCUT2D eigenvalue weighted by Gasteiger charge is 2.32. The van der Waals surface area contributed by atoms with E-state index in [-0.39, 0.29) is 38.7 Å². The number of unbranched alkanes of at least 4 members (excludes halogenated alkanes) is 2. The molecule has 0 bridgehead atoms. The quantitative estimate of drug-likeness (QED) is 0.135. The second kappa shape index (κ2) is 17.5. The topological polar surface area (TPSA) is 117 Å². The molecule has 4 aromatic rings. The maximum Gasteiger partial charge on any atom is 0.256 e. The number of aromatic hydroxyl groups is 1. The van der Waals surface area contributed by atoms with E-state index in [4.69, 9.17) is 4.74 Å². The summed E-state index contributed by atoms with van der Waals surface area (Å²) in [5, 5.41) is 12.4. The summed E-state index contributed by atoms with van der Waals surface area (Å²) in [5.41, 5.74) is 4.87. The van der Waals surface area contributed by atoms with Crippen molar-refractivity contribution in [2.24, 2.45) is 0 Å². The fourth-order valence-electron chi connectivity index (χ4n) is 7.81. The molecule has 1 unspecified atom stereocenters. The molecule has 3 aliphatic rings. The minimum atomic E-state index is -0.694. The Bertz CT molecular complexity index is 1850. The summed E-state index contributed by atoms with van der Waals surface area (Å²) in [6, 6.07) is 26.0. The van der Waals surface area contributed by atoms with Crippen molar-refractivity contribution in [3.63, 3.8) is 0 Å². The van der Waals surface area contributed by atoms with Crippen LogP contribution in [0.1, 0.15) is 93.5 Å². The van der Waals surface area contributed by atoms with Crippen LogP contribution in [0.4, 0.5) is 5.82 Å². The molecule has 276 valence electrons. The zero-order valence-electron chi connectivity index (χ0n) is 28.4. The normalized spacial score (nSPS) is 20.2. The summed E-state index contributed by atoms with van der Waals surface area (Å²) >= 11 is 0. The number of anilines is 1. The molecule has 0 radical (unpaired) electrons. The van der Waals surface area contributed by atoms with Gasteiger partial charge in [0.1, 0.15) is 29.7 Å². The summed E-state index contributed by atoms with van der Waals surface area (Å²) in [4.78, 5) is 45.5. The third kappa shape index (κ3) is 8.73. The number of rotatable bonds is 11. The van der Waals surface area contributed by atoms with Gasteiger partial charge in [0, 0.05) is 44.6 Å². The summed E-state index contributed by atoms with van der Waals surface area (Å²) < 4.78 is 7.47. The summed E-state index contributed by atoms with van der Waals surface area (Å²) in [6.45, 7) is 5.08. The van der Waals surface area contributed by atoms with Gasteiger partial charge in [0.05, 0.1) is 6.61 Å². The molecule has 2 amide bonds. The van der Waals surface area contributed by atoms with Crippen molar-refractivity contribution in [2.45, 2.75) is 77.7 Å². The highest BCUT2D eigenvalue weighted by molar-refractivity contribution is 5.99. The van der Waals surface area contributed by atoms with Crippen LogP contribution in [0, 0.1) is 0 Å². The number of phenols is 1.